The highest BCUT2D eigenvalue weighted by Crippen LogP contribution is 2.32. The minimum Gasteiger partial charge on any atom is -0.350 e. The van der Waals surface area contributed by atoms with Crippen molar-refractivity contribution in [2.45, 2.75) is 13.5 Å². The Labute approximate surface area is 148 Å². The van der Waals surface area contributed by atoms with Crippen LogP contribution in [-0.2, 0) is 6.54 Å². The summed E-state index contributed by atoms with van der Waals surface area (Å²) in [5.41, 5.74) is 2.35. The lowest BCUT2D eigenvalue weighted by atomic mass is 10.2. The third-order valence-corrected chi connectivity index (χ3v) is 4.99. The van der Waals surface area contributed by atoms with E-state index in [0.29, 0.717) is 12.2 Å². The monoisotopic (exact) mass is 365 g/mol. The van der Waals surface area contributed by atoms with Gasteiger partial charge in [-0.3, -0.25) is 4.79 Å². The number of amides is 1. The van der Waals surface area contributed by atoms with Crippen LogP contribution in [0.25, 0.3) is 10.2 Å². The first-order valence-electron chi connectivity index (χ1n) is 7.38. The molecule has 0 saturated carbocycles. The summed E-state index contributed by atoms with van der Waals surface area (Å²) in [6, 6.07) is 6.53. The minimum absolute atomic E-state index is 0.0237. The average molecular weight is 366 g/mol. The molecule has 2 N–H and O–H groups in total. The second kappa shape index (κ2) is 6.55. The smallest absolute Gasteiger partial charge is 0.272 e. The first kappa shape index (κ1) is 17.0. The highest BCUT2D eigenvalue weighted by Gasteiger charge is 2.21. The van der Waals surface area contributed by atoms with Gasteiger partial charge in [0, 0.05) is 17.0 Å². The molecule has 2 heterocycles. The predicted molar refractivity (Wildman–Crippen MR) is 97.7 cm³/mol. The van der Waals surface area contributed by atoms with Crippen LogP contribution in [0.4, 0.5) is 10.1 Å². The molecule has 0 radical (unpaired) electrons. The fraction of sp³-hybridized carbons (Fsp3) is 0.235. The van der Waals surface area contributed by atoms with Crippen molar-refractivity contribution in [2.75, 3.05) is 19.4 Å². The Hall–Kier alpha value is -1.89. The van der Waals surface area contributed by atoms with Gasteiger partial charge in [-0.05, 0) is 39.2 Å². The molecule has 3 rings (SSSR count). The van der Waals surface area contributed by atoms with E-state index in [4.69, 9.17) is 11.6 Å². The van der Waals surface area contributed by atoms with Gasteiger partial charge in [0.25, 0.3) is 5.91 Å². The Balaban J connectivity index is 2.00. The number of fused-ring (bicyclic) bond motifs is 1. The quantitative estimate of drug-likeness (QED) is 0.707. The molecular weight excluding hydrogens is 349 g/mol. The fourth-order valence-corrected chi connectivity index (χ4v) is 3.78. The summed E-state index contributed by atoms with van der Waals surface area (Å²) < 4.78 is 15.1. The Morgan fingerprint density at radius 2 is 2.17 bits per heavy atom. The van der Waals surface area contributed by atoms with Crippen LogP contribution in [0, 0.1) is 12.7 Å². The van der Waals surface area contributed by atoms with Crippen molar-refractivity contribution in [3.8, 4) is 0 Å². The molecule has 0 aliphatic carbocycles. The number of thiophene rings is 1. The zero-order valence-electron chi connectivity index (χ0n) is 13.5. The molecule has 0 aliphatic rings. The van der Waals surface area contributed by atoms with Gasteiger partial charge in [-0.15, -0.1) is 11.3 Å². The largest absolute Gasteiger partial charge is 0.350 e. The van der Waals surface area contributed by atoms with Gasteiger partial charge in [-0.1, -0.05) is 17.7 Å². The molecule has 1 amide bonds. The van der Waals surface area contributed by atoms with Gasteiger partial charge in [0.2, 0.25) is 0 Å². The second-order valence-corrected chi connectivity index (χ2v) is 7.54. The number of aryl methyl sites for hydroxylation is 1. The normalized spacial score (nSPS) is 11.4. The van der Waals surface area contributed by atoms with E-state index < -0.39 is 5.82 Å². The summed E-state index contributed by atoms with van der Waals surface area (Å²) in [5, 5.41) is 2.58. The number of H-pyrrole nitrogens is 1. The molecule has 0 aliphatic heterocycles. The second-order valence-electron chi connectivity index (χ2n) is 5.87. The average Bonchev–Trinajstić information content (AvgIpc) is 3.01. The van der Waals surface area contributed by atoms with Gasteiger partial charge in [0.1, 0.15) is 5.69 Å². The van der Waals surface area contributed by atoms with Crippen molar-refractivity contribution in [1.82, 2.24) is 9.88 Å². The van der Waals surface area contributed by atoms with Gasteiger partial charge < -0.3 is 15.2 Å². The summed E-state index contributed by atoms with van der Waals surface area (Å²) in [5.74, 6) is -1.01. The van der Waals surface area contributed by atoms with Gasteiger partial charge in [0.05, 0.1) is 20.9 Å². The van der Waals surface area contributed by atoms with Crippen molar-refractivity contribution in [2.24, 2.45) is 0 Å². The van der Waals surface area contributed by atoms with Crippen LogP contribution in [0.15, 0.2) is 24.3 Å². The molecule has 126 valence electrons. The lowest BCUT2D eigenvalue weighted by molar-refractivity contribution is 0.102. The van der Waals surface area contributed by atoms with E-state index in [-0.39, 0.29) is 16.6 Å². The van der Waals surface area contributed by atoms with Crippen molar-refractivity contribution in [3.63, 3.8) is 0 Å². The first-order valence-corrected chi connectivity index (χ1v) is 8.57. The van der Waals surface area contributed by atoms with Crippen molar-refractivity contribution >= 4 is 44.7 Å². The number of halogens is 2. The number of nitrogens with one attached hydrogen (secondary N) is 2. The topological polar surface area (TPSA) is 48.1 Å². The fourth-order valence-electron chi connectivity index (χ4n) is 2.60. The number of hydrogen-bond acceptors (Lipinski definition) is 3. The molecule has 24 heavy (non-hydrogen) atoms. The van der Waals surface area contributed by atoms with E-state index >= 15 is 0 Å². The maximum atomic E-state index is 14.0. The van der Waals surface area contributed by atoms with Crippen molar-refractivity contribution in [1.29, 1.82) is 0 Å². The van der Waals surface area contributed by atoms with E-state index in [9.17, 15) is 9.18 Å². The lowest BCUT2D eigenvalue weighted by Gasteiger charge is -2.11. The summed E-state index contributed by atoms with van der Waals surface area (Å²) >= 11 is 7.41. The molecule has 4 nitrogen and oxygen atoms in total. The van der Waals surface area contributed by atoms with E-state index in [0.717, 1.165) is 15.8 Å². The third kappa shape index (κ3) is 3.17. The number of carbonyl (C=O) groups is 1. The van der Waals surface area contributed by atoms with Crippen LogP contribution in [0.2, 0.25) is 5.02 Å². The Bertz CT molecular complexity index is 916. The van der Waals surface area contributed by atoms with Crippen LogP contribution in [0.5, 0.6) is 0 Å². The summed E-state index contributed by atoms with van der Waals surface area (Å²) in [6.45, 7) is 2.64. The zero-order valence-corrected chi connectivity index (χ0v) is 15.1. The van der Waals surface area contributed by atoms with Crippen LogP contribution in [0.3, 0.4) is 0 Å². The Morgan fingerprint density at radius 3 is 2.88 bits per heavy atom. The zero-order chi connectivity index (χ0) is 17.4. The predicted octanol–water partition coefficient (Wildman–Crippen LogP) is 4.64. The first-order chi connectivity index (χ1) is 11.4. The maximum Gasteiger partial charge on any atom is 0.272 e. The number of hydrogen-bond donors (Lipinski definition) is 2. The standard InChI is InChI=1S/C17H17ClFN3OS/c1-9-7-13-16(24-9)10(8-22(2)3)15(20-13)17(23)21-12-6-4-5-11(18)14(12)19/h4-7,20H,8H2,1-3H3,(H,21,23). The van der Waals surface area contributed by atoms with Crippen LogP contribution in [-0.4, -0.2) is 29.9 Å². The SMILES string of the molecule is Cc1cc2[nH]c(C(=O)Nc3cccc(Cl)c3F)c(CN(C)C)c2s1. The molecule has 0 spiro atoms. The summed E-state index contributed by atoms with van der Waals surface area (Å²) in [4.78, 5) is 19.0. The Kier molecular flexibility index (Phi) is 4.62. The lowest BCUT2D eigenvalue weighted by Crippen LogP contribution is -2.18. The number of aromatic amines is 1. The van der Waals surface area contributed by atoms with E-state index in [1.165, 1.54) is 17.0 Å². The highest BCUT2D eigenvalue weighted by molar-refractivity contribution is 7.19. The molecular formula is C17H17ClFN3OS. The van der Waals surface area contributed by atoms with Gasteiger partial charge in [0.15, 0.2) is 5.82 Å². The molecule has 0 unspecified atom stereocenters. The van der Waals surface area contributed by atoms with Crippen molar-refractivity contribution < 1.29 is 9.18 Å². The molecule has 0 atom stereocenters. The molecule has 1 aromatic carbocycles. The summed E-state index contributed by atoms with van der Waals surface area (Å²) in [6.07, 6.45) is 0. The van der Waals surface area contributed by atoms with Crippen molar-refractivity contribution in [3.05, 3.63) is 51.2 Å². The number of anilines is 1. The van der Waals surface area contributed by atoms with E-state index in [1.54, 1.807) is 17.4 Å². The van der Waals surface area contributed by atoms with Crippen LogP contribution in [0.1, 0.15) is 20.9 Å². The number of nitrogens with zero attached hydrogens (tertiary/aromatic N) is 1. The van der Waals surface area contributed by atoms with Crippen LogP contribution >= 0.6 is 22.9 Å². The van der Waals surface area contributed by atoms with Gasteiger partial charge in [-0.25, -0.2) is 4.39 Å². The minimum atomic E-state index is -0.633. The van der Waals surface area contributed by atoms with E-state index in [2.05, 4.69) is 10.3 Å². The van der Waals surface area contributed by atoms with Crippen LogP contribution < -0.4 is 5.32 Å². The third-order valence-electron chi connectivity index (χ3n) is 3.59. The Morgan fingerprint density at radius 1 is 1.42 bits per heavy atom. The molecule has 3 aromatic rings. The maximum absolute atomic E-state index is 14.0. The van der Waals surface area contributed by atoms with Gasteiger partial charge in [-0.2, -0.15) is 0 Å². The number of aromatic nitrogens is 1. The number of benzene rings is 1. The number of rotatable bonds is 4. The molecule has 2 aromatic heterocycles. The molecule has 7 heteroatoms. The molecule has 0 fully saturated rings. The summed E-state index contributed by atoms with van der Waals surface area (Å²) in [7, 11) is 3.88. The highest BCUT2D eigenvalue weighted by atomic mass is 35.5. The molecule has 0 bridgehead atoms. The number of carbonyl (C=O) groups excluding carboxylic acids is 1. The molecule has 0 saturated heterocycles. The van der Waals surface area contributed by atoms with E-state index in [1.807, 2.05) is 32.0 Å². The van der Waals surface area contributed by atoms with Gasteiger partial charge >= 0.3 is 0 Å².